The Labute approximate surface area is 128 Å². The van der Waals surface area contributed by atoms with Gasteiger partial charge in [-0.15, -0.1) is 0 Å². The molecule has 2 aliphatic rings. The fraction of sp³-hybridized carbons (Fsp3) is 0.938. The number of hydrogen-bond donors (Lipinski definition) is 2. The lowest BCUT2D eigenvalue weighted by Crippen LogP contribution is -2.52. The normalized spacial score (nSPS) is 31.9. The van der Waals surface area contributed by atoms with Gasteiger partial charge in [-0.1, -0.05) is 27.2 Å². The van der Waals surface area contributed by atoms with E-state index in [1.54, 1.807) is 0 Å². The van der Waals surface area contributed by atoms with E-state index in [4.69, 9.17) is 0 Å². The molecule has 0 aromatic heterocycles. The third-order valence-electron chi connectivity index (χ3n) is 5.33. The van der Waals surface area contributed by atoms with Crippen LogP contribution in [0.4, 0.5) is 0 Å². The van der Waals surface area contributed by atoms with Crippen LogP contribution >= 0.6 is 11.8 Å². The quantitative estimate of drug-likeness (QED) is 0.838. The summed E-state index contributed by atoms with van der Waals surface area (Å²) in [7, 11) is 0. The number of thioether (sulfide) groups is 1. The van der Waals surface area contributed by atoms with Crippen LogP contribution in [0.25, 0.3) is 0 Å². The smallest absolute Gasteiger partial charge is 0.238 e. The van der Waals surface area contributed by atoms with Crippen molar-refractivity contribution in [3.8, 4) is 0 Å². The first-order chi connectivity index (χ1) is 9.53. The highest BCUT2D eigenvalue weighted by Crippen LogP contribution is 2.40. The van der Waals surface area contributed by atoms with Crippen molar-refractivity contribution in [2.24, 2.45) is 11.3 Å². The molecular formula is C16H30N2OS. The Kier molecular flexibility index (Phi) is 5.79. The summed E-state index contributed by atoms with van der Waals surface area (Å²) in [6.07, 6.45) is 6.08. The highest BCUT2D eigenvalue weighted by Gasteiger charge is 2.33. The molecule has 2 fully saturated rings. The van der Waals surface area contributed by atoms with Crippen LogP contribution in [-0.4, -0.2) is 36.0 Å². The highest BCUT2D eigenvalue weighted by molar-refractivity contribution is 7.99. The second kappa shape index (κ2) is 7.17. The Balaban J connectivity index is 1.75. The van der Waals surface area contributed by atoms with Crippen molar-refractivity contribution in [3.63, 3.8) is 0 Å². The lowest BCUT2D eigenvalue weighted by atomic mass is 9.69. The predicted molar refractivity (Wildman–Crippen MR) is 87.1 cm³/mol. The van der Waals surface area contributed by atoms with Gasteiger partial charge in [0.05, 0.1) is 6.04 Å². The average Bonchev–Trinajstić information content (AvgIpc) is 2.48. The number of carbonyl (C=O) groups excluding carboxylic acids is 1. The summed E-state index contributed by atoms with van der Waals surface area (Å²) in [6, 6.07) is 0.429. The molecule has 1 aliphatic carbocycles. The SMILES string of the molecule is CCC(C)(C)C1CCC(NC(=O)C2CSCCN2)CC1. The minimum absolute atomic E-state index is 0.0264. The lowest BCUT2D eigenvalue weighted by molar-refractivity contribution is -0.123. The summed E-state index contributed by atoms with van der Waals surface area (Å²) in [5.74, 6) is 3.09. The summed E-state index contributed by atoms with van der Waals surface area (Å²) >= 11 is 1.88. The maximum absolute atomic E-state index is 12.2. The largest absolute Gasteiger partial charge is 0.352 e. The number of rotatable bonds is 4. The molecule has 1 atom stereocenters. The lowest BCUT2D eigenvalue weighted by Gasteiger charge is -2.39. The molecule has 0 bridgehead atoms. The van der Waals surface area contributed by atoms with Crippen LogP contribution in [0, 0.1) is 11.3 Å². The maximum atomic E-state index is 12.2. The molecule has 1 saturated carbocycles. The fourth-order valence-corrected chi connectivity index (χ4v) is 4.28. The molecule has 0 spiro atoms. The van der Waals surface area contributed by atoms with Gasteiger partial charge < -0.3 is 10.6 Å². The van der Waals surface area contributed by atoms with Gasteiger partial charge in [0.25, 0.3) is 0 Å². The van der Waals surface area contributed by atoms with Crippen molar-refractivity contribution in [1.82, 2.24) is 10.6 Å². The van der Waals surface area contributed by atoms with Crippen molar-refractivity contribution >= 4 is 17.7 Å². The summed E-state index contributed by atoms with van der Waals surface area (Å²) in [5, 5.41) is 6.58. The number of carbonyl (C=O) groups is 1. The highest BCUT2D eigenvalue weighted by atomic mass is 32.2. The molecular weight excluding hydrogens is 268 g/mol. The van der Waals surface area contributed by atoms with Gasteiger partial charge in [-0.3, -0.25) is 4.79 Å². The molecule has 0 radical (unpaired) electrons. The standard InChI is InChI=1S/C16H30N2OS/c1-4-16(2,3)12-5-7-13(8-6-12)18-15(19)14-11-20-10-9-17-14/h12-14,17H,4-11H2,1-3H3,(H,18,19). The summed E-state index contributed by atoms with van der Waals surface area (Å²) in [5.41, 5.74) is 0.455. The van der Waals surface area contributed by atoms with E-state index in [2.05, 4.69) is 31.4 Å². The van der Waals surface area contributed by atoms with Crippen LogP contribution in [0.5, 0.6) is 0 Å². The zero-order valence-corrected chi connectivity index (χ0v) is 14.0. The van der Waals surface area contributed by atoms with Crippen LogP contribution in [0.3, 0.4) is 0 Å². The van der Waals surface area contributed by atoms with E-state index < -0.39 is 0 Å². The molecule has 1 amide bonds. The van der Waals surface area contributed by atoms with E-state index in [0.29, 0.717) is 11.5 Å². The first-order valence-corrected chi connectivity index (χ1v) is 9.30. The Morgan fingerprint density at radius 1 is 1.30 bits per heavy atom. The van der Waals surface area contributed by atoms with Crippen LogP contribution < -0.4 is 10.6 Å². The van der Waals surface area contributed by atoms with Crippen molar-refractivity contribution in [1.29, 1.82) is 0 Å². The van der Waals surface area contributed by atoms with Gasteiger partial charge >= 0.3 is 0 Å². The Morgan fingerprint density at radius 3 is 2.55 bits per heavy atom. The molecule has 0 aromatic rings. The Bertz CT molecular complexity index is 318. The minimum atomic E-state index is 0.0264. The topological polar surface area (TPSA) is 41.1 Å². The van der Waals surface area contributed by atoms with Gasteiger partial charge in [-0.2, -0.15) is 11.8 Å². The average molecular weight is 298 g/mol. The van der Waals surface area contributed by atoms with Crippen LogP contribution in [-0.2, 0) is 4.79 Å². The summed E-state index contributed by atoms with van der Waals surface area (Å²) < 4.78 is 0. The third-order valence-corrected chi connectivity index (χ3v) is 6.39. The summed E-state index contributed by atoms with van der Waals surface area (Å²) in [4.78, 5) is 12.2. The van der Waals surface area contributed by atoms with Crippen LogP contribution in [0.2, 0.25) is 0 Å². The number of amides is 1. The zero-order valence-electron chi connectivity index (χ0n) is 13.2. The van der Waals surface area contributed by atoms with Gasteiger partial charge in [0.15, 0.2) is 0 Å². The zero-order chi connectivity index (χ0) is 14.6. The van der Waals surface area contributed by atoms with E-state index >= 15 is 0 Å². The Morgan fingerprint density at radius 2 is 2.00 bits per heavy atom. The second-order valence-electron chi connectivity index (χ2n) is 6.98. The molecule has 2 rings (SSSR count). The van der Waals surface area contributed by atoms with E-state index in [1.165, 1.54) is 19.3 Å². The number of hydrogen-bond acceptors (Lipinski definition) is 3. The molecule has 3 nitrogen and oxygen atoms in total. The molecule has 1 unspecified atom stereocenters. The third kappa shape index (κ3) is 4.14. The van der Waals surface area contributed by atoms with Gasteiger partial charge in [0.2, 0.25) is 5.91 Å². The molecule has 1 aliphatic heterocycles. The molecule has 1 heterocycles. The van der Waals surface area contributed by atoms with Gasteiger partial charge in [-0.25, -0.2) is 0 Å². The van der Waals surface area contributed by atoms with Gasteiger partial charge in [0, 0.05) is 24.1 Å². The maximum Gasteiger partial charge on any atom is 0.238 e. The molecule has 1 saturated heterocycles. The van der Waals surface area contributed by atoms with Crippen molar-refractivity contribution in [2.45, 2.75) is 65.0 Å². The number of nitrogens with one attached hydrogen (secondary N) is 2. The van der Waals surface area contributed by atoms with E-state index in [-0.39, 0.29) is 11.9 Å². The minimum Gasteiger partial charge on any atom is -0.352 e. The molecule has 4 heteroatoms. The van der Waals surface area contributed by atoms with E-state index in [9.17, 15) is 4.79 Å². The Hall–Kier alpha value is -0.220. The fourth-order valence-electron chi connectivity index (χ4n) is 3.34. The molecule has 116 valence electrons. The first-order valence-electron chi connectivity index (χ1n) is 8.14. The van der Waals surface area contributed by atoms with Crippen LogP contribution in [0.1, 0.15) is 52.9 Å². The van der Waals surface area contributed by atoms with Crippen molar-refractivity contribution in [3.05, 3.63) is 0 Å². The van der Waals surface area contributed by atoms with Gasteiger partial charge in [0.1, 0.15) is 0 Å². The monoisotopic (exact) mass is 298 g/mol. The summed E-state index contributed by atoms with van der Waals surface area (Å²) in [6.45, 7) is 8.03. The predicted octanol–water partition coefficient (Wildman–Crippen LogP) is 2.80. The second-order valence-corrected chi connectivity index (χ2v) is 8.13. The molecule has 2 N–H and O–H groups in total. The first kappa shape index (κ1) is 16.2. The van der Waals surface area contributed by atoms with Crippen molar-refractivity contribution < 1.29 is 4.79 Å². The van der Waals surface area contributed by atoms with Crippen LogP contribution in [0.15, 0.2) is 0 Å². The molecule has 0 aromatic carbocycles. The van der Waals surface area contributed by atoms with E-state index in [1.807, 2.05) is 11.8 Å². The van der Waals surface area contributed by atoms with E-state index in [0.717, 1.165) is 36.8 Å². The van der Waals surface area contributed by atoms with Gasteiger partial charge in [-0.05, 0) is 37.0 Å². The van der Waals surface area contributed by atoms with Crippen molar-refractivity contribution in [2.75, 3.05) is 18.1 Å². The molecule has 20 heavy (non-hydrogen) atoms.